The number of sulfone groups is 1. The van der Waals surface area contributed by atoms with Gasteiger partial charge in [-0.3, -0.25) is 4.79 Å². The van der Waals surface area contributed by atoms with Crippen LogP contribution in [0.25, 0.3) is 0 Å². The lowest BCUT2D eigenvalue weighted by atomic mass is 10.1. The number of rotatable bonds is 8. The number of carboxylic acid groups (broad SMARTS) is 1. The van der Waals surface area contributed by atoms with Gasteiger partial charge >= 0.3 is 5.97 Å². The lowest BCUT2D eigenvalue weighted by molar-refractivity contribution is -0.149. The van der Waals surface area contributed by atoms with Crippen molar-refractivity contribution in [3.8, 4) is 0 Å². The summed E-state index contributed by atoms with van der Waals surface area (Å²) in [4.78, 5) is 25.7. The van der Waals surface area contributed by atoms with E-state index < -0.39 is 21.8 Å². The van der Waals surface area contributed by atoms with Crippen LogP contribution in [0.5, 0.6) is 0 Å². The highest BCUT2D eigenvalue weighted by Gasteiger charge is 2.26. The summed E-state index contributed by atoms with van der Waals surface area (Å²) in [5, 5.41) is 9.35. The van der Waals surface area contributed by atoms with Crippen LogP contribution in [0.3, 0.4) is 0 Å². The van der Waals surface area contributed by atoms with Crippen molar-refractivity contribution in [3.05, 3.63) is 65.7 Å². The maximum atomic E-state index is 12.8. The van der Waals surface area contributed by atoms with Crippen molar-refractivity contribution in [3.63, 3.8) is 0 Å². The summed E-state index contributed by atoms with van der Waals surface area (Å²) < 4.78 is 24.1. The zero-order valence-corrected chi connectivity index (χ0v) is 16.1. The molecule has 1 amide bonds. The Bertz CT molecular complexity index is 909. The summed E-state index contributed by atoms with van der Waals surface area (Å²) in [5.41, 5.74) is 1.35. The molecule has 0 bridgehead atoms. The van der Waals surface area contributed by atoms with Crippen LogP contribution in [0, 0.1) is 0 Å². The topological polar surface area (TPSA) is 91.8 Å². The molecule has 0 radical (unpaired) electrons. The Labute approximate surface area is 159 Å². The second-order valence-corrected chi connectivity index (χ2v) is 8.53. The smallest absolute Gasteiger partial charge is 0.326 e. The molecule has 7 heteroatoms. The van der Waals surface area contributed by atoms with E-state index >= 15 is 0 Å². The monoisotopic (exact) mass is 389 g/mol. The van der Waals surface area contributed by atoms with Crippen molar-refractivity contribution >= 4 is 21.7 Å². The zero-order chi connectivity index (χ0) is 20.0. The van der Waals surface area contributed by atoms with Crippen molar-refractivity contribution in [2.24, 2.45) is 0 Å². The van der Waals surface area contributed by atoms with Crippen LogP contribution in [-0.4, -0.2) is 42.1 Å². The molecule has 1 atom stereocenters. The summed E-state index contributed by atoms with van der Waals surface area (Å²) >= 11 is 0. The number of aliphatic carboxylic acids is 1. The van der Waals surface area contributed by atoms with E-state index in [4.69, 9.17) is 0 Å². The Morgan fingerprint density at radius 2 is 1.67 bits per heavy atom. The van der Waals surface area contributed by atoms with E-state index in [0.29, 0.717) is 5.56 Å². The normalized spacial score (nSPS) is 12.4. The highest BCUT2D eigenvalue weighted by molar-refractivity contribution is 7.91. The van der Waals surface area contributed by atoms with Crippen LogP contribution in [0.1, 0.15) is 25.0 Å². The molecule has 1 N–H and O–H groups in total. The first-order chi connectivity index (χ1) is 12.7. The van der Waals surface area contributed by atoms with Gasteiger partial charge in [0.2, 0.25) is 5.91 Å². The minimum atomic E-state index is -3.37. The Balaban J connectivity index is 2.25. The first kappa shape index (κ1) is 20.6. The van der Waals surface area contributed by atoms with E-state index in [1.165, 1.54) is 24.0 Å². The van der Waals surface area contributed by atoms with Gasteiger partial charge in [-0.1, -0.05) is 49.4 Å². The highest BCUT2D eigenvalue weighted by Crippen LogP contribution is 2.16. The fourth-order valence-electron chi connectivity index (χ4n) is 2.65. The molecule has 27 heavy (non-hydrogen) atoms. The van der Waals surface area contributed by atoms with Crippen LogP contribution in [0.2, 0.25) is 0 Å². The molecule has 2 rings (SSSR count). The van der Waals surface area contributed by atoms with Gasteiger partial charge in [0.15, 0.2) is 9.84 Å². The van der Waals surface area contributed by atoms with E-state index in [1.807, 2.05) is 30.3 Å². The molecule has 0 aliphatic rings. The number of carbonyl (C=O) groups is 2. The maximum absolute atomic E-state index is 12.8. The second kappa shape index (κ2) is 8.81. The van der Waals surface area contributed by atoms with Crippen molar-refractivity contribution in [2.75, 3.05) is 5.75 Å². The van der Waals surface area contributed by atoms with Crippen LogP contribution in [-0.2, 0) is 32.4 Å². The Morgan fingerprint density at radius 1 is 1.04 bits per heavy atom. The van der Waals surface area contributed by atoms with E-state index in [-0.39, 0.29) is 29.5 Å². The fraction of sp³-hybridized carbons (Fsp3) is 0.300. The van der Waals surface area contributed by atoms with E-state index in [1.54, 1.807) is 19.1 Å². The third-order valence-corrected chi connectivity index (χ3v) is 6.07. The standard InChI is InChI=1S/C20H23NO5S/c1-3-27(25,26)18-11-7-10-17(12-18)13-19(22)21(15(2)20(23)24)14-16-8-5-4-6-9-16/h4-12,15H,3,13-14H2,1-2H3,(H,23,24). The summed E-state index contributed by atoms with van der Waals surface area (Å²) in [6.45, 7) is 3.19. The van der Waals surface area contributed by atoms with Crippen molar-refractivity contribution in [2.45, 2.75) is 37.8 Å². The van der Waals surface area contributed by atoms with Gasteiger partial charge in [0.1, 0.15) is 6.04 Å². The molecule has 144 valence electrons. The predicted octanol–water partition coefficient (Wildman–Crippen LogP) is 2.52. The molecule has 2 aromatic rings. The average molecular weight is 389 g/mol. The Morgan fingerprint density at radius 3 is 2.26 bits per heavy atom. The number of benzene rings is 2. The SMILES string of the molecule is CCS(=O)(=O)c1cccc(CC(=O)N(Cc2ccccc2)C(C)C(=O)O)c1. The summed E-state index contributed by atoms with van der Waals surface area (Å²) in [5.74, 6) is -1.50. The molecule has 0 aliphatic heterocycles. The lowest BCUT2D eigenvalue weighted by Gasteiger charge is -2.27. The number of amides is 1. The molecule has 0 spiro atoms. The largest absolute Gasteiger partial charge is 0.480 e. The third-order valence-electron chi connectivity index (χ3n) is 4.33. The van der Waals surface area contributed by atoms with Crippen LogP contribution >= 0.6 is 0 Å². The Kier molecular flexibility index (Phi) is 6.74. The van der Waals surface area contributed by atoms with Crippen LogP contribution in [0.4, 0.5) is 0 Å². The molecule has 0 fully saturated rings. The quantitative estimate of drug-likeness (QED) is 0.749. The molecule has 0 saturated heterocycles. The number of hydrogen-bond donors (Lipinski definition) is 1. The third kappa shape index (κ3) is 5.40. The predicted molar refractivity (Wildman–Crippen MR) is 102 cm³/mol. The van der Waals surface area contributed by atoms with Gasteiger partial charge in [0.05, 0.1) is 17.1 Å². The number of carboxylic acids is 1. The lowest BCUT2D eigenvalue weighted by Crippen LogP contribution is -2.43. The van der Waals surface area contributed by atoms with Crippen molar-refractivity contribution in [1.29, 1.82) is 0 Å². The minimum Gasteiger partial charge on any atom is -0.480 e. The first-order valence-electron chi connectivity index (χ1n) is 8.62. The molecule has 0 aromatic heterocycles. The first-order valence-corrected chi connectivity index (χ1v) is 10.3. The average Bonchev–Trinajstić information content (AvgIpc) is 2.66. The van der Waals surface area contributed by atoms with Gasteiger partial charge in [0.25, 0.3) is 0 Å². The fourth-order valence-corrected chi connectivity index (χ4v) is 3.60. The van der Waals surface area contributed by atoms with Gasteiger partial charge in [-0.2, -0.15) is 0 Å². The van der Waals surface area contributed by atoms with Crippen molar-refractivity contribution in [1.82, 2.24) is 4.90 Å². The summed E-state index contributed by atoms with van der Waals surface area (Å²) in [6, 6.07) is 14.4. The van der Waals surface area contributed by atoms with Gasteiger partial charge in [-0.05, 0) is 30.2 Å². The zero-order valence-electron chi connectivity index (χ0n) is 15.3. The highest BCUT2D eigenvalue weighted by atomic mass is 32.2. The number of carbonyl (C=O) groups excluding carboxylic acids is 1. The van der Waals surface area contributed by atoms with E-state index in [0.717, 1.165) is 5.56 Å². The van der Waals surface area contributed by atoms with Crippen LogP contribution in [0.15, 0.2) is 59.5 Å². The molecule has 2 aromatic carbocycles. The molecule has 0 heterocycles. The van der Waals surface area contributed by atoms with E-state index in [2.05, 4.69) is 0 Å². The molecule has 0 aliphatic carbocycles. The van der Waals surface area contributed by atoms with Gasteiger partial charge in [-0.15, -0.1) is 0 Å². The van der Waals surface area contributed by atoms with Crippen molar-refractivity contribution < 1.29 is 23.1 Å². The van der Waals surface area contributed by atoms with Gasteiger partial charge in [-0.25, -0.2) is 13.2 Å². The van der Waals surface area contributed by atoms with E-state index in [9.17, 15) is 23.1 Å². The second-order valence-electron chi connectivity index (χ2n) is 6.25. The Hall–Kier alpha value is -2.67. The molecule has 0 saturated carbocycles. The molecule has 1 unspecified atom stereocenters. The van der Waals surface area contributed by atoms with Crippen LogP contribution < -0.4 is 0 Å². The summed E-state index contributed by atoms with van der Waals surface area (Å²) in [6.07, 6.45) is -0.0719. The maximum Gasteiger partial charge on any atom is 0.326 e. The minimum absolute atomic E-state index is 0.0272. The number of hydrogen-bond acceptors (Lipinski definition) is 4. The molecular formula is C20H23NO5S. The molecule has 6 nitrogen and oxygen atoms in total. The molecular weight excluding hydrogens is 366 g/mol. The summed E-state index contributed by atoms with van der Waals surface area (Å²) in [7, 11) is -3.37. The van der Waals surface area contributed by atoms with Gasteiger partial charge < -0.3 is 10.0 Å². The number of nitrogens with zero attached hydrogens (tertiary/aromatic N) is 1. The van der Waals surface area contributed by atoms with Gasteiger partial charge in [0, 0.05) is 6.54 Å².